The summed E-state index contributed by atoms with van der Waals surface area (Å²) in [6.45, 7) is 4.96. The molecule has 0 aliphatic carbocycles. The molecular formula is C22H23N7O2. The molecule has 1 aliphatic heterocycles. The summed E-state index contributed by atoms with van der Waals surface area (Å²) in [5.41, 5.74) is 2.34. The maximum Gasteiger partial charge on any atom is 0.258 e. The number of pyridine rings is 1. The molecule has 9 heteroatoms. The van der Waals surface area contributed by atoms with E-state index < -0.39 is 0 Å². The van der Waals surface area contributed by atoms with Crippen LogP contribution >= 0.6 is 0 Å². The van der Waals surface area contributed by atoms with Crippen molar-refractivity contribution >= 4 is 29.4 Å². The van der Waals surface area contributed by atoms with Gasteiger partial charge in [0, 0.05) is 37.5 Å². The van der Waals surface area contributed by atoms with E-state index in [4.69, 9.17) is 0 Å². The van der Waals surface area contributed by atoms with Crippen LogP contribution in [0.5, 0.6) is 0 Å². The molecule has 1 fully saturated rings. The minimum absolute atomic E-state index is 0.159. The van der Waals surface area contributed by atoms with Gasteiger partial charge in [0.25, 0.3) is 5.91 Å². The van der Waals surface area contributed by atoms with E-state index in [0.717, 1.165) is 31.5 Å². The van der Waals surface area contributed by atoms with Crippen molar-refractivity contribution in [2.24, 2.45) is 0 Å². The molecule has 0 radical (unpaired) electrons. The molecule has 9 nitrogen and oxygen atoms in total. The molecule has 0 bridgehead atoms. The molecule has 0 unspecified atom stereocenters. The third kappa shape index (κ3) is 4.82. The lowest BCUT2D eigenvalue weighted by atomic mass is 10.1. The Hall–Kier alpha value is -3.88. The summed E-state index contributed by atoms with van der Waals surface area (Å²) in [5, 5.41) is 5.48. The number of aryl methyl sites for hydroxylation is 1. The predicted octanol–water partition coefficient (Wildman–Crippen LogP) is 3.05. The summed E-state index contributed by atoms with van der Waals surface area (Å²) in [6, 6.07) is 10.7. The summed E-state index contributed by atoms with van der Waals surface area (Å²) >= 11 is 0. The minimum Gasteiger partial charge on any atom is -0.341 e. The molecule has 2 N–H and O–H groups in total. The molecule has 1 aromatic carbocycles. The number of rotatable bonds is 5. The maximum atomic E-state index is 13.0. The zero-order chi connectivity index (χ0) is 21.8. The lowest BCUT2D eigenvalue weighted by Gasteiger charge is -2.17. The Morgan fingerprint density at radius 3 is 2.52 bits per heavy atom. The third-order valence-corrected chi connectivity index (χ3v) is 4.93. The zero-order valence-electron chi connectivity index (χ0n) is 17.4. The van der Waals surface area contributed by atoms with Crippen LogP contribution in [0.3, 0.4) is 0 Å². The van der Waals surface area contributed by atoms with E-state index in [2.05, 4.69) is 35.5 Å². The quantitative estimate of drug-likeness (QED) is 0.656. The fourth-order valence-corrected chi connectivity index (χ4v) is 3.41. The van der Waals surface area contributed by atoms with E-state index in [0.29, 0.717) is 28.7 Å². The van der Waals surface area contributed by atoms with Crippen LogP contribution in [0.25, 0.3) is 11.5 Å². The number of hydrogen-bond acceptors (Lipinski definition) is 7. The third-order valence-electron chi connectivity index (χ3n) is 4.93. The van der Waals surface area contributed by atoms with Crippen molar-refractivity contribution in [1.29, 1.82) is 0 Å². The molecule has 1 aliphatic rings. The van der Waals surface area contributed by atoms with Crippen molar-refractivity contribution in [2.45, 2.75) is 26.7 Å². The second-order valence-corrected chi connectivity index (χ2v) is 7.36. The fourth-order valence-electron chi connectivity index (χ4n) is 3.41. The van der Waals surface area contributed by atoms with E-state index >= 15 is 0 Å². The van der Waals surface area contributed by atoms with Crippen LogP contribution in [0.15, 0.2) is 42.6 Å². The van der Waals surface area contributed by atoms with Gasteiger partial charge in [-0.05, 0) is 49.6 Å². The molecule has 3 aromatic rings. The van der Waals surface area contributed by atoms with Gasteiger partial charge in [-0.15, -0.1) is 0 Å². The number of aromatic nitrogens is 4. The van der Waals surface area contributed by atoms with Crippen molar-refractivity contribution in [3.63, 3.8) is 0 Å². The molecule has 1 saturated heterocycles. The van der Waals surface area contributed by atoms with Crippen LogP contribution in [0.1, 0.15) is 35.7 Å². The Labute approximate surface area is 180 Å². The Bertz CT molecular complexity index is 1110. The topological polar surface area (TPSA) is 113 Å². The van der Waals surface area contributed by atoms with Gasteiger partial charge in [-0.3, -0.25) is 19.9 Å². The number of amides is 2. The van der Waals surface area contributed by atoms with Gasteiger partial charge in [0.05, 0.1) is 0 Å². The van der Waals surface area contributed by atoms with Crippen LogP contribution in [-0.2, 0) is 4.79 Å². The van der Waals surface area contributed by atoms with Crippen LogP contribution in [0, 0.1) is 6.92 Å². The average Bonchev–Trinajstić information content (AvgIpc) is 3.30. The lowest BCUT2D eigenvalue weighted by Crippen LogP contribution is -2.23. The summed E-state index contributed by atoms with van der Waals surface area (Å²) in [6.07, 6.45) is 3.81. The largest absolute Gasteiger partial charge is 0.341 e. The van der Waals surface area contributed by atoms with Gasteiger partial charge in [-0.2, -0.15) is 15.0 Å². The Balaban J connectivity index is 1.66. The number of hydrogen-bond donors (Lipinski definition) is 2. The SMILES string of the molecule is CC(=O)Nc1ccc(C)c(C(=O)Nc2nc(-c3ccccn3)nc(N3CCCC3)n2)c1. The molecule has 0 saturated carbocycles. The first-order valence-corrected chi connectivity index (χ1v) is 10.1. The normalized spacial score (nSPS) is 13.2. The van der Waals surface area contributed by atoms with Crippen LogP contribution in [0.4, 0.5) is 17.6 Å². The van der Waals surface area contributed by atoms with E-state index in [-0.39, 0.29) is 17.8 Å². The van der Waals surface area contributed by atoms with E-state index in [1.165, 1.54) is 6.92 Å². The van der Waals surface area contributed by atoms with Crippen molar-refractivity contribution in [1.82, 2.24) is 19.9 Å². The van der Waals surface area contributed by atoms with Crippen molar-refractivity contribution in [2.75, 3.05) is 28.6 Å². The molecular weight excluding hydrogens is 394 g/mol. The highest BCUT2D eigenvalue weighted by Crippen LogP contribution is 2.22. The Morgan fingerprint density at radius 1 is 1.00 bits per heavy atom. The molecule has 158 valence electrons. The lowest BCUT2D eigenvalue weighted by molar-refractivity contribution is -0.114. The van der Waals surface area contributed by atoms with Crippen molar-refractivity contribution < 1.29 is 9.59 Å². The van der Waals surface area contributed by atoms with Crippen LogP contribution < -0.4 is 15.5 Å². The maximum absolute atomic E-state index is 13.0. The second-order valence-electron chi connectivity index (χ2n) is 7.36. The highest BCUT2D eigenvalue weighted by atomic mass is 16.2. The van der Waals surface area contributed by atoms with Crippen molar-refractivity contribution in [3.8, 4) is 11.5 Å². The fraction of sp³-hybridized carbons (Fsp3) is 0.273. The van der Waals surface area contributed by atoms with E-state index in [1.54, 1.807) is 24.4 Å². The Kier molecular flexibility index (Phi) is 5.83. The molecule has 0 spiro atoms. The van der Waals surface area contributed by atoms with Crippen molar-refractivity contribution in [3.05, 3.63) is 53.7 Å². The number of nitrogens with one attached hydrogen (secondary N) is 2. The van der Waals surface area contributed by atoms with Gasteiger partial charge in [0.2, 0.25) is 17.8 Å². The number of carbonyl (C=O) groups is 2. The van der Waals surface area contributed by atoms with Gasteiger partial charge in [0.15, 0.2) is 5.82 Å². The van der Waals surface area contributed by atoms with E-state index in [9.17, 15) is 9.59 Å². The monoisotopic (exact) mass is 417 g/mol. The summed E-state index contributed by atoms with van der Waals surface area (Å²) in [7, 11) is 0. The van der Waals surface area contributed by atoms with Crippen LogP contribution in [0.2, 0.25) is 0 Å². The molecule has 31 heavy (non-hydrogen) atoms. The molecule has 2 aromatic heterocycles. The number of benzene rings is 1. The highest BCUT2D eigenvalue weighted by molar-refractivity contribution is 6.05. The summed E-state index contributed by atoms with van der Waals surface area (Å²) < 4.78 is 0. The van der Waals surface area contributed by atoms with Gasteiger partial charge in [0.1, 0.15) is 5.69 Å². The molecule has 2 amide bonds. The van der Waals surface area contributed by atoms with Gasteiger partial charge >= 0.3 is 0 Å². The average molecular weight is 417 g/mol. The number of nitrogens with zero attached hydrogens (tertiary/aromatic N) is 5. The first kappa shape index (κ1) is 20.4. The summed E-state index contributed by atoms with van der Waals surface area (Å²) in [5.74, 6) is 0.508. The first-order valence-electron chi connectivity index (χ1n) is 10.1. The summed E-state index contributed by atoms with van der Waals surface area (Å²) in [4.78, 5) is 44.2. The predicted molar refractivity (Wildman–Crippen MR) is 118 cm³/mol. The standard InChI is InChI=1S/C22H23N7O2/c1-14-8-9-16(24-15(2)30)13-17(14)20(31)27-21-25-19(18-7-3-4-10-23-18)26-22(28-21)29-11-5-6-12-29/h3-4,7-10,13H,5-6,11-12H2,1-2H3,(H,24,30)(H,25,26,27,28,31). The molecule has 0 atom stereocenters. The highest BCUT2D eigenvalue weighted by Gasteiger charge is 2.20. The minimum atomic E-state index is -0.366. The number of carbonyl (C=O) groups excluding carboxylic acids is 2. The Morgan fingerprint density at radius 2 is 1.81 bits per heavy atom. The smallest absolute Gasteiger partial charge is 0.258 e. The molecule has 4 rings (SSSR count). The van der Waals surface area contributed by atoms with E-state index in [1.807, 2.05) is 25.1 Å². The second kappa shape index (κ2) is 8.86. The van der Waals surface area contributed by atoms with Gasteiger partial charge in [-0.1, -0.05) is 12.1 Å². The van der Waals surface area contributed by atoms with Crippen LogP contribution in [-0.4, -0.2) is 44.8 Å². The molecule has 3 heterocycles. The first-order chi connectivity index (χ1) is 15.0. The zero-order valence-corrected chi connectivity index (χ0v) is 17.4. The van der Waals surface area contributed by atoms with Gasteiger partial charge in [-0.25, -0.2) is 0 Å². The number of anilines is 3. The van der Waals surface area contributed by atoms with Gasteiger partial charge < -0.3 is 10.2 Å².